The monoisotopic (exact) mass is 294 g/mol. The molecule has 1 unspecified atom stereocenters. The van der Waals surface area contributed by atoms with Gasteiger partial charge in [0.25, 0.3) is 0 Å². The molecule has 0 fully saturated rings. The predicted octanol–water partition coefficient (Wildman–Crippen LogP) is 2.08. The maximum Gasteiger partial charge on any atom is 0.241 e. The van der Waals surface area contributed by atoms with E-state index >= 15 is 0 Å². The summed E-state index contributed by atoms with van der Waals surface area (Å²) in [4.78, 5) is 0.248. The fourth-order valence-electron chi connectivity index (χ4n) is 2.07. The van der Waals surface area contributed by atoms with E-state index in [1.807, 2.05) is 6.07 Å². The fourth-order valence-corrected chi connectivity index (χ4v) is 3.54. The SMILES string of the molecule is Cc1cc(N)ccc1S(=O)(=O)NC(C)Cc1ccco1. The first-order valence-electron chi connectivity index (χ1n) is 6.29. The third-order valence-electron chi connectivity index (χ3n) is 2.93. The molecule has 0 saturated carbocycles. The Morgan fingerprint density at radius 1 is 1.35 bits per heavy atom. The third-order valence-corrected chi connectivity index (χ3v) is 4.68. The summed E-state index contributed by atoms with van der Waals surface area (Å²) in [5, 5.41) is 0. The summed E-state index contributed by atoms with van der Waals surface area (Å²) in [7, 11) is -3.56. The van der Waals surface area contributed by atoms with E-state index in [1.165, 1.54) is 6.07 Å². The van der Waals surface area contributed by atoms with Crippen molar-refractivity contribution in [3.8, 4) is 0 Å². The Bertz CT molecular complexity index is 678. The average Bonchev–Trinajstić information content (AvgIpc) is 2.79. The first-order chi connectivity index (χ1) is 9.38. The molecule has 0 bridgehead atoms. The average molecular weight is 294 g/mol. The highest BCUT2D eigenvalue weighted by Crippen LogP contribution is 2.18. The van der Waals surface area contributed by atoms with Crippen molar-refractivity contribution in [1.29, 1.82) is 0 Å². The van der Waals surface area contributed by atoms with Gasteiger partial charge in [-0.05, 0) is 49.7 Å². The van der Waals surface area contributed by atoms with Crippen molar-refractivity contribution in [1.82, 2.24) is 4.72 Å². The lowest BCUT2D eigenvalue weighted by molar-refractivity contribution is 0.479. The van der Waals surface area contributed by atoms with Crippen LogP contribution in [0.3, 0.4) is 0 Å². The van der Waals surface area contributed by atoms with E-state index in [0.717, 1.165) is 5.76 Å². The molecule has 2 rings (SSSR count). The van der Waals surface area contributed by atoms with E-state index in [-0.39, 0.29) is 10.9 Å². The Morgan fingerprint density at radius 3 is 2.70 bits per heavy atom. The van der Waals surface area contributed by atoms with E-state index in [0.29, 0.717) is 17.7 Å². The second kappa shape index (κ2) is 5.68. The first-order valence-corrected chi connectivity index (χ1v) is 7.77. The highest BCUT2D eigenvalue weighted by Gasteiger charge is 2.20. The van der Waals surface area contributed by atoms with Gasteiger partial charge in [0.2, 0.25) is 10.0 Å². The van der Waals surface area contributed by atoms with E-state index in [2.05, 4.69) is 4.72 Å². The smallest absolute Gasteiger partial charge is 0.241 e. The van der Waals surface area contributed by atoms with Crippen LogP contribution in [-0.2, 0) is 16.4 Å². The van der Waals surface area contributed by atoms with E-state index < -0.39 is 10.0 Å². The summed E-state index contributed by atoms with van der Waals surface area (Å²) in [5.41, 5.74) is 6.81. The normalized spacial score (nSPS) is 13.3. The zero-order valence-corrected chi connectivity index (χ0v) is 12.3. The van der Waals surface area contributed by atoms with Gasteiger partial charge in [-0.25, -0.2) is 13.1 Å². The van der Waals surface area contributed by atoms with Crippen LogP contribution in [0.4, 0.5) is 5.69 Å². The highest BCUT2D eigenvalue weighted by molar-refractivity contribution is 7.89. The summed E-state index contributed by atoms with van der Waals surface area (Å²) >= 11 is 0. The lowest BCUT2D eigenvalue weighted by Gasteiger charge is -2.14. The van der Waals surface area contributed by atoms with Crippen LogP contribution in [0.1, 0.15) is 18.2 Å². The topological polar surface area (TPSA) is 85.3 Å². The number of aryl methyl sites for hydroxylation is 1. The van der Waals surface area contributed by atoms with Crippen molar-refractivity contribution in [2.24, 2.45) is 0 Å². The van der Waals surface area contributed by atoms with Gasteiger partial charge in [0.15, 0.2) is 0 Å². The van der Waals surface area contributed by atoms with Gasteiger partial charge in [0.05, 0.1) is 11.2 Å². The molecule has 2 aromatic rings. The number of nitrogen functional groups attached to an aromatic ring is 1. The number of benzene rings is 1. The van der Waals surface area contributed by atoms with Crippen molar-refractivity contribution in [3.63, 3.8) is 0 Å². The molecule has 0 aliphatic rings. The molecule has 0 saturated heterocycles. The standard InChI is InChI=1S/C14H18N2O3S/c1-10-8-12(15)5-6-14(10)20(17,18)16-11(2)9-13-4-3-7-19-13/h3-8,11,16H,9,15H2,1-2H3. The van der Waals surface area contributed by atoms with Gasteiger partial charge in [-0.15, -0.1) is 0 Å². The number of hydrogen-bond donors (Lipinski definition) is 2. The van der Waals surface area contributed by atoms with Crippen LogP contribution in [0, 0.1) is 6.92 Å². The molecule has 0 amide bonds. The number of sulfonamides is 1. The molecule has 1 heterocycles. The Labute approximate surface area is 118 Å². The maximum absolute atomic E-state index is 12.3. The fraction of sp³-hybridized carbons (Fsp3) is 0.286. The van der Waals surface area contributed by atoms with Crippen molar-refractivity contribution < 1.29 is 12.8 Å². The van der Waals surface area contributed by atoms with E-state index in [1.54, 1.807) is 38.3 Å². The number of nitrogens with two attached hydrogens (primary N) is 1. The zero-order valence-electron chi connectivity index (χ0n) is 11.5. The van der Waals surface area contributed by atoms with Crippen molar-refractivity contribution in [2.75, 3.05) is 5.73 Å². The summed E-state index contributed by atoms with van der Waals surface area (Å²) in [5.74, 6) is 0.745. The summed E-state index contributed by atoms with van der Waals surface area (Å²) < 4.78 is 32.5. The molecule has 1 aromatic carbocycles. The van der Waals surface area contributed by atoms with Crippen molar-refractivity contribution >= 4 is 15.7 Å². The lowest BCUT2D eigenvalue weighted by atomic mass is 10.2. The molecule has 108 valence electrons. The second-order valence-electron chi connectivity index (χ2n) is 4.83. The van der Waals surface area contributed by atoms with Crippen LogP contribution >= 0.6 is 0 Å². The summed E-state index contributed by atoms with van der Waals surface area (Å²) in [6.07, 6.45) is 2.07. The van der Waals surface area contributed by atoms with Crippen molar-refractivity contribution in [2.45, 2.75) is 31.2 Å². The van der Waals surface area contributed by atoms with Crippen LogP contribution in [0.2, 0.25) is 0 Å². The van der Waals surface area contributed by atoms with Crippen LogP contribution in [-0.4, -0.2) is 14.5 Å². The molecule has 0 radical (unpaired) electrons. The predicted molar refractivity (Wildman–Crippen MR) is 77.8 cm³/mol. The number of hydrogen-bond acceptors (Lipinski definition) is 4. The van der Waals surface area contributed by atoms with Crippen molar-refractivity contribution in [3.05, 3.63) is 47.9 Å². The Kier molecular flexibility index (Phi) is 4.15. The molecule has 0 aliphatic heterocycles. The molecule has 3 N–H and O–H groups in total. The Hall–Kier alpha value is -1.79. The summed E-state index contributed by atoms with van der Waals surface area (Å²) in [6, 6.07) is 8.08. The lowest BCUT2D eigenvalue weighted by Crippen LogP contribution is -2.34. The minimum atomic E-state index is -3.56. The van der Waals surface area contributed by atoms with Crippen LogP contribution in [0.15, 0.2) is 45.9 Å². The molecular weight excluding hydrogens is 276 g/mol. The van der Waals surface area contributed by atoms with Gasteiger partial charge in [0, 0.05) is 18.2 Å². The van der Waals surface area contributed by atoms with E-state index in [9.17, 15) is 8.42 Å². The molecule has 5 nitrogen and oxygen atoms in total. The number of anilines is 1. The minimum absolute atomic E-state index is 0.248. The third kappa shape index (κ3) is 3.40. The Morgan fingerprint density at radius 2 is 2.10 bits per heavy atom. The summed E-state index contributed by atoms with van der Waals surface area (Å²) in [6.45, 7) is 3.52. The van der Waals surface area contributed by atoms with Gasteiger partial charge < -0.3 is 10.2 Å². The molecule has 0 spiro atoms. The molecule has 1 aromatic heterocycles. The first kappa shape index (κ1) is 14.6. The quantitative estimate of drug-likeness (QED) is 0.827. The number of rotatable bonds is 5. The largest absolute Gasteiger partial charge is 0.469 e. The van der Waals surface area contributed by atoms with Gasteiger partial charge in [-0.3, -0.25) is 0 Å². The Balaban J connectivity index is 2.14. The second-order valence-corrected chi connectivity index (χ2v) is 6.51. The molecule has 0 aliphatic carbocycles. The van der Waals surface area contributed by atoms with Crippen LogP contribution in [0.25, 0.3) is 0 Å². The molecule has 6 heteroatoms. The van der Waals surface area contributed by atoms with Gasteiger partial charge in [-0.2, -0.15) is 0 Å². The zero-order chi connectivity index (χ0) is 14.8. The van der Waals surface area contributed by atoms with Gasteiger partial charge in [-0.1, -0.05) is 0 Å². The molecular formula is C14H18N2O3S. The minimum Gasteiger partial charge on any atom is -0.469 e. The molecule has 1 atom stereocenters. The van der Waals surface area contributed by atoms with Gasteiger partial charge >= 0.3 is 0 Å². The number of nitrogens with one attached hydrogen (secondary N) is 1. The molecule has 20 heavy (non-hydrogen) atoms. The van der Waals surface area contributed by atoms with Crippen LogP contribution in [0.5, 0.6) is 0 Å². The van der Waals surface area contributed by atoms with Crippen LogP contribution < -0.4 is 10.5 Å². The van der Waals surface area contributed by atoms with E-state index in [4.69, 9.17) is 10.2 Å². The highest BCUT2D eigenvalue weighted by atomic mass is 32.2. The number of furan rings is 1. The maximum atomic E-state index is 12.3. The van der Waals surface area contributed by atoms with Gasteiger partial charge in [0.1, 0.15) is 5.76 Å².